The molecule has 1 saturated carbocycles. The first-order valence-corrected chi connectivity index (χ1v) is 11.5. The van der Waals surface area contributed by atoms with E-state index in [1.807, 2.05) is 32.9 Å². The smallest absolute Gasteiger partial charge is 0.241 e. The summed E-state index contributed by atoms with van der Waals surface area (Å²) in [5.41, 5.74) is 2.66. The minimum atomic E-state index is -3.59. The molecule has 0 saturated heterocycles. The van der Waals surface area contributed by atoms with E-state index in [-0.39, 0.29) is 18.0 Å². The second-order valence-electron chi connectivity index (χ2n) is 8.44. The van der Waals surface area contributed by atoms with Crippen molar-refractivity contribution in [3.05, 3.63) is 28.8 Å². The van der Waals surface area contributed by atoms with Gasteiger partial charge in [-0.25, -0.2) is 18.1 Å². The Morgan fingerprint density at radius 2 is 1.74 bits per heavy atom. The minimum absolute atomic E-state index is 0.0309. The average molecular weight is 393 g/mol. The summed E-state index contributed by atoms with van der Waals surface area (Å²) in [5, 5.41) is 0. The van der Waals surface area contributed by atoms with Crippen LogP contribution in [0, 0.1) is 32.6 Å². The van der Waals surface area contributed by atoms with Crippen molar-refractivity contribution in [3.8, 4) is 0 Å². The quantitative estimate of drug-likeness (QED) is 0.826. The average Bonchev–Trinajstić information content (AvgIpc) is 3.03. The van der Waals surface area contributed by atoms with Gasteiger partial charge in [0, 0.05) is 6.04 Å². The van der Waals surface area contributed by atoms with Crippen LogP contribution in [-0.2, 0) is 14.8 Å². The lowest BCUT2D eigenvalue weighted by Gasteiger charge is -2.31. The molecular weight excluding hydrogens is 360 g/mol. The van der Waals surface area contributed by atoms with Gasteiger partial charge in [-0.3, -0.25) is 0 Å². The molecule has 1 aromatic carbocycles. The molecule has 0 bridgehead atoms. The Bertz CT molecular complexity index is 807. The standard InChI is InChI=1S/C21H32N2O3S/c1-13(2)19-12-26-21(22-19)17-8-6-7-9-18(17)23-27(24,25)20-15(4)10-14(3)11-16(20)5/h10-11,13,17-19,23H,6-9,12H2,1-5H3/t17-,18-,19-/m1/s1. The fraction of sp³-hybridized carbons (Fsp3) is 0.667. The Hall–Kier alpha value is -1.40. The van der Waals surface area contributed by atoms with Gasteiger partial charge in [-0.05, 0) is 50.7 Å². The van der Waals surface area contributed by atoms with Gasteiger partial charge in [-0.1, -0.05) is 44.4 Å². The predicted molar refractivity (Wildman–Crippen MR) is 109 cm³/mol. The highest BCUT2D eigenvalue weighted by molar-refractivity contribution is 7.89. The number of hydrogen-bond donors (Lipinski definition) is 1. The largest absolute Gasteiger partial charge is 0.478 e. The van der Waals surface area contributed by atoms with Gasteiger partial charge >= 0.3 is 0 Å². The molecule has 1 N–H and O–H groups in total. The molecule has 1 fully saturated rings. The van der Waals surface area contributed by atoms with E-state index in [1.54, 1.807) is 0 Å². The molecule has 2 aliphatic rings. The lowest BCUT2D eigenvalue weighted by molar-refractivity contribution is 0.252. The molecule has 27 heavy (non-hydrogen) atoms. The monoisotopic (exact) mass is 392 g/mol. The SMILES string of the molecule is Cc1cc(C)c(S(=O)(=O)N[C@@H]2CCCC[C@H]2C2=N[C@@H](C(C)C)CO2)c(C)c1. The maximum atomic E-state index is 13.2. The highest BCUT2D eigenvalue weighted by Gasteiger charge is 2.37. The van der Waals surface area contributed by atoms with Gasteiger partial charge in [0.2, 0.25) is 10.0 Å². The third-order valence-electron chi connectivity index (χ3n) is 5.73. The molecule has 1 aliphatic carbocycles. The van der Waals surface area contributed by atoms with Crippen LogP contribution >= 0.6 is 0 Å². The van der Waals surface area contributed by atoms with Gasteiger partial charge in [0.25, 0.3) is 0 Å². The summed E-state index contributed by atoms with van der Waals surface area (Å²) in [4.78, 5) is 5.18. The van der Waals surface area contributed by atoms with Crippen molar-refractivity contribution in [2.24, 2.45) is 16.8 Å². The first kappa shape index (κ1) is 20.3. The highest BCUT2D eigenvalue weighted by atomic mass is 32.2. The van der Waals surface area contributed by atoms with Crippen LogP contribution in [0.4, 0.5) is 0 Å². The molecule has 3 atom stereocenters. The molecule has 6 heteroatoms. The van der Waals surface area contributed by atoms with Crippen molar-refractivity contribution in [3.63, 3.8) is 0 Å². The molecule has 0 unspecified atom stereocenters. The van der Waals surface area contributed by atoms with Gasteiger partial charge in [0.15, 0.2) is 5.90 Å². The Kier molecular flexibility index (Phi) is 5.96. The third-order valence-corrected chi connectivity index (χ3v) is 7.52. The number of ether oxygens (including phenoxy) is 1. The van der Waals surface area contributed by atoms with E-state index in [1.165, 1.54) is 0 Å². The van der Waals surface area contributed by atoms with Crippen molar-refractivity contribution in [1.29, 1.82) is 0 Å². The number of nitrogens with zero attached hydrogens (tertiary/aromatic N) is 1. The lowest BCUT2D eigenvalue weighted by atomic mass is 9.85. The molecule has 0 amide bonds. The first-order chi connectivity index (χ1) is 12.7. The zero-order chi connectivity index (χ0) is 19.8. The predicted octanol–water partition coefficient (Wildman–Crippen LogP) is 3.90. The summed E-state index contributed by atoms with van der Waals surface area (Å²) >= 11 is 0. The van der Waals surface area contributed by atoms with Gasteiger partial charge in [-0.15, -0.1) is 0 Å². The van der Waals surface area contributed by atoms with Crippen LogP contribution in [0.1, 0.15) is 56.2 Å². The lowest BCUT2D eigenvalue weighted by Crippen LogP contribution is -2.45. The topological polar surface area (TPSA) is 67.8 Å². The van der Waals surface area contributed by atoms with Gasteiger partial charge < -0.3 is 4.74 Å². The van der Waals surface area contributed by atoms with E-state index < -0.39 is 10.0 Å². The Balaban J connectivity index is 1.85. The summed E-state index contributed by atoms with van der Waals surface area (Å²) in [6, 6.07) is 3.88. The van der Waals surface area contributed by atoms with E-state index >= 15 is 0 Å². The van der Waals surface area contributed by atoms with E-state index in [9.17, 15) is 8.42 Å². The van der Waals surface area contributed by atoms with Crippen molar-refractivity contribution in [1.82, 2.24) is 4.72 Å². The van der Waals surface area contributed by atoms with E-state index in [4.69, 9.17) is 9.73 Å². The maximum Gasteiger partial charge on any atom is 0.241 e. The van der Waals surface area contributed by atoms with Crippen molar-refractivity contribution in [2.75, 3.05) is 6.61 Å². The molecule has 0 radical (unpaired) electrons. The number of benzene rings is 1. The number of nitrogens with one attached hydrogen (secondary N) is 1. The number of rotatable bonds is 5. The third kappa shape index (κ3) is 4.37. The molecule has 3 rings (SSSR count). The van der Waals surface area contributed by atoms with E-state index in [2.05, 4.69) is 18.6 Å². The Morgan fingerprint density at radius 3 is 2.33 bits per heavy atom. The van der Waals surface area contributed by atoms with Crippen LogP contribution in [0.5, 0.6) is 0 Å². The number of sulfonamides is 1. The molecule has 0 spiro atoms. The van der Waals surface area contributed by atoms with Crippen LogP contribution in [0.2, 0.25) is 0 Å². The zero-order valence-electron chi connectivity index (χ0n) is 17.1. The Morgan fingerprint density at radius 1 is 1.11 bits per heavy atom. The van der Waals surface area contributed by atoms with Crippen LogP contribution in [0.15, 0.2) is 22.0 Å². The van der Waals surface area contributed by atoms with Crippen LogP contribution in [-0.4, -0.2) is 33.0 Å². The van der Waals surface area contributed by atoms with Gasteiger partial charge in [0.05, 0.1) is 16.9 Å². The molecule has 5 nitrogen and oxygen atoms in total. The van der Waals surface area contributed by atoms with Crippen molar-refractivity contribution >= 4 is 15.9 Å². The summed E-state index contributed by atoms with van der Waals surface area (Å²) in [5.74, 6) is 1.21. The van der Waals surface area contributed by atoms with Crippen molar-refractivity contribution < 1.29 is 13.2 Å². The summed E-state index contributed by atoms with van der Waals surface area (Å²) in [6.07, 6.45) is 3.85. The summed E-state index contributed by atoms with van der Waals surface area (Å²) in [7, 11) is -3.59. The Labute approximate surface area is 163 Å². The fourth-order valence-corrected chi connectivity index (χ4v) is 6.13. The zero-order valence-corrected chi connectivity index (χ0v) is 17.9. The fourth-order valence-electron chi connectivity index (χ4n) is 4.37. The second-order valence-corrected chi connectivity index (χ2v) is 10.1. The first-order valence-electron chi connectivity index (χ1n) is 9.99. The van der Waals surface area contributed by atoms with Crippen LogP contribution < -0.4 is 4.72 Å². The molecule has 1 aliphatic heterocycles. The minimum Gasteiger partial charge on any atom is -0.478 e. The summed E-state index contributed by atoms with van der Waals surface area (Å²) < 4.78 is 35.3. The highest BCUT2D eigenvalue weighted by Crippen LogP contribution is 2.31. The number of aliphatic imine (C=N–C) groups is 1. The van der Waals surface area contributed by atoms with Crippen LogP contribution in [0.3, 0.4) is 0 Å². The summed E-state index contributed by atoms with van der Waals surface area (Å²) in [6.45, 7) is 10.6. The molecule has 1 aromatic rings. The van der Waals surface area contributed by atoms with E-state index in [0.717, 1.165) is 48.3 Å². The van der Waals surface area contributed by atoms with Crippen LogP contribution in [0.25, 0.3) is 0 Å². The van der Waals surface area contributed by atoms with Crippen molar-refractivity contribution in [2.45, 2.75) is 77.3 Å². The van der Waals surface area contributed by atoms with Gasteiger partial charge in [0.1, 0.15) is 6.61 Å². The molecule has 1 heterocycles. The normalized spacial score (nSPS) is 26.1. The number of aryl methyl sites for hydroxylation is 3. The number of hydrogen-bond acceptors (Lipinski definition) is 4. The van der Waals surface area contributed by atoms with Gasteiger partial charge in [-0.2, -0.15) is 0 Å². The second kappa shape index (κ2) is 7.92. The molecular formula is C21H32N2O3S. The maximum absolute atomic E-state index is 13.2. The van der Waals surface area contributed by atoms with E-state index in [0.29, 0.717) is 17.4 Å². The molecule has 0 aromatic heterocycles. The molecule has 150 valence electrons.